The van der Waals surface area contributed by atoms with E-state index >= 15 is 0 Å². The zero-order chi connectivity index (χ0) is 13.5. The van der Waals surface area contributed by atoms with Gasteiger partial charge >= 0.3 is 0 Å². The third-order valence-electron chi connectivity index (χ3n) is 3.31. The van der Waals surface area contributed by atoms with Crippen molar-refractivity contribution in [1.29, 1.82) is 0 Å². The highest BCUT2D eigenvalue weighted by atomic mass is 32.1. The van der Waals surface area contributed by atoms with Crippen molar-refractivity contribution in [2.75, 3.05) is 0 Å². The Kier molecular flexibility index (Phi) is 5.21. The molecule has 0 bridgehead atoms. The van der Waals surface area contributed by atoms with Gasteiger partial charge in [0.1, 0.15) is 0 Å². The van der Waals surface area contributed by atoms with Crippen LogP contribution in [0.5, 0.6) is 0 Å². The molecule has 1 atom stereocenters. The molecule has 0 radical (unpaired) electrons. The lowest BCUT2D eigenvalue weighted by Gasteiger charge is -2.20. The maximum Gasteiger partial charge on any atom is 0.185 e. The molecule has 3 N–H and O–H groups in total. The van der Waals surface area contributed by atoms with Gasteiger partial charge < -0.3 is 10.7 Å². The normalized spacial score (nSPS) is 18.4. The Morgan fingerprint density at radius 2 is 2.11 bits per heavy atom. The van der Waals surface area contributed by atoms with Crippen LogP contribution in [-0.2, 0) is 6.54 Å². The van der Waals surface area contributed by atoms with Crippen LogP contribution in [0.4, 0.5) is 0 Å². The standard InChI is InChI=1S/C15H21N3S/c1-12-7-9-14(10-8-12)17-18-15(19)16-11-13-5-3-2-4-6-13/h2-6,9,12,17H,7-8,10-11H2,1H3,(H2,16,18,19)/t12-/m1/s1. The summed E-state index contributed by atoms with van der Waals surface area (Å²) in [5.41, 5.74) is 8.68. The molecule has 102 valence electrons. The average molecular weight is 275 g/mol. The van der Waals surface area contributed by atoms with Crippen LogP contribution in [0, 0.1) is 5.92 Å². The summed E-state index contributed by atoms with van der Waals surface area (Å²) in [4.78, 5) is 0. The Hall–Kier alpha value is -1.55. The Labute approximate surface area is 120 Å². The van der Waals surface area contributed by atoms with Crippen molar-refractivity contribution in [3.8, 4) is 0 Å². The van der Waals surface area contributed by atoms with Crippen LogP contribution < -0.4 is 16.2 Å². The Morgan fingerprint density at radius 3 is 2.79 bits per heavy atom. The molecule has 0 saturated carbocycles. The molecule has 4 heteroatoms. The molecule has 0 amide bonds. The molecule has 0 fully saturated rings. The molecule has 1 aliphatic rings. The van der Waals surface area contributed by atoms with E-state index in [0.29, 0.717) is 5.11 Å². The molecule has 19 heavy (non-hydrogen) atoms. The van der Waals surface area contributed by atoms with Gasteiger partial charge in [-0.2, -0.15) is 0 Å². The third kappa shape index (κ3) is 4.91. The van der Waals surface area contributed by atoms with E-state index in [4.69, 9.17) is 12.2 Å². The lowest BCUT2D eigenvalue weighted by atomic mass is 9.95. The molecule has 0 aromatic heterocycles. The third-order valence-corrected chi connectivity index (χ3v) is 3.55. The van der Waals surface area contributed by atoms with Gasteiger partial charge in [0.05, 0.1) is 0 Å². The smallest absolute Gasteiger partial charge is 0.185 e. The zero-order valence-electron chi connectivity index (χ0n) is 11.3. The molecular formula is C15H21N3S. The first-order chi connectivity index (χ1) is 9.24. The highest BCUT2D eigenvalue weighted by Crippen LogP contribution is 2.20. The minimum Gasteiger partial charge on any atom is -0.357 e. The van der Waals surface area contributed by atoms with Crippen molar-refractivity contribution in [3.05, 3.63) is 47.7 Å². The van der Waals surface area contributed by atoms with Crippen molar-refractivity contribution < 1.29 is 0 Å². The van der Waals surface area contributed by atoms with Crippen molar-refractivity contribution >= 4 is 17.3 Å². The second kappa shape index (κ2) is 7.14. The van der Waals surface area contributed by atoms with Crippen LogP contribution >= 0.6 is 12.2 Å². The predicted octanol–water partition coefficient (Wildman–Crippen LogP) is 2.86. The molecular weight excluding hydrogens is 254 g/mol. The summed E-state index contributed by atoms with van der Waals surface area (Å²) in [5, 5.41) is 3.81. The van der Waals surface area contributed by atoms with Crippen LogP contribution in [0.15, 0.2) is 42.1 Å². The molecule has 1 aromatic carbocycles. The lowest BCUT2D eigenvalue weighted by molar-refractivity contribution is 0.491. The molecule has 0 heterocycles. The van der Waals surface area contributed by atoms with E-state index in [1.54, 1.807) is 0 Å². The molecule has 2 rings (SSSR count). The molecule has 1 aromatic rings. The van der Waals surface area contributed by atoms with Crippen LogP contribution in [-0.4, -0.2) is 5.11 Å². The van der Waals surface area contributed by atoms with E-state index < -0.39 is 0 Å². The first kappa shape index (κ1) is 13.9. The molecule has 1 aliphatic carbocycles. The van der Waals surface area contributed by atoms with Crippen LogP contribution in [0.2, 0.25) is 0 Å². The summed E-state index contributed by atoms with van der Waals surface area (Å²) in [7, 11) is 0. The summed E-state index contributed by atoms with van der Waals surface area (Å²) < 4.78 is 0. The monoisotopic (exact) mass is 275 g/mol. The van der Waals surface area contributed by atoms with Gasteiger partial charge in [0.25, 0.3) is 0 Å². The summed E-state index contributed by atoms with van der Waals surface area (Å²) in [6.45, 7) is 3.02. The molecule has 3 nitrogen and oxygen atoms in total. The van der Waals surface area contributed by atoms with Crippen molar-refractivity contribution in [2.45, 2.75) is 32.7 Å². The number of hydrazine groups is 1. The maximum atomic E-state index is 5.23. The maximum absolute atomic E-state index is 5.23. The van der Waals surface area contributed by atoms with E-state index in [1.165, 1.54) is 17.7 Å². The van der Waals surface area contributed by atoms with Crippen molar-refractivity contribution in [3.63, 3.8) is 0 Å². The van der Waals surface area contributed by atoms with Gasteiger partial charge in [-0.1, -0.05) is 43.3 Å². The summed E-state index contributed by atoms with van der Waals surface area (Å²) in [6, 6.07) is 10.2. The quantitative estimate of drug-likeness (QED) is 0.583. The van der Waals surface area contributed by atoms with E-state index in [1.807, 2.05) is 18.2 Å². The number of rotatable bonds is 4. The highest BCUT2D eigenvalue weighted by Gasteiger charge is 2.09. The first-order valence-corrected chi connectivity index (χ1v) is 7.17. The topological polar surface area (TPSA) is 36.1 Å². The van der Waals surface area contributed by atoms with E-state index in [9.17, 15) is 0 Å². The number of hydrogen-bond donors (Lipinski definition) is 3. The van der Waals surface area contributed by atoms with E-state index in [0.717, 1.165) is 25.3 Å². The van der Waals surface area contributed by atoms with Crippen molar-refractivity contribution in [2.24, 2.45) is 5.92 Å². The summed E-state index contributed by atoms with van der Waals surface area (Å²) >= 11 is 5.23. The Balaban J connectivity index is 1.68. The minimum absolute atomic E-state index is 0.628. The fourth-order valence-electron chi connectivity index (χ4n) is 2.04. The number of nitrogens with one attached hydrogen (secondary N) is 3. The van der Waals surface area contributed by atoms with E-state index in [2.05, 4.69) is 41.3 Å². The minimum atomic E-state index is 0.628. The van der Waals surface area contributed by atoms with Gasteiger partial charge in [-0.05, 0) is 43.0 Å². The van der Waals surface area contributed by atoms with E-state index in [-0.39, 0.29) is 0 Å². The van der Waals surface area contributed by atoms with Gasteiger partial charge in [0.2, 0.25) is 0 Å². The Bertz CT molecular complexity index is 442. The number of thiocarbonyl (C=S) groups is 1. The average Bonchev–Trinajstić information content (AvgIpc) is 2.45. The fraction of sp³-hybridized carbons (Fsp3) is 0.400. The Morgan fingerprint density at radius 1 is 1.32 bits per heavy atom. The number of benzene rings is 1. The predicted molar refractivity (Wildman–Crippen MR) is 83.2 cm³/mol. The summed E-state index contributed by atoms with van der Waals surface area (Å²) in [5.74, 6) is 0.800. The van der Waals surface area contributed by atoms with Crippen molar-refractivity contribution in [1.82, 2.24) is 16.2 Å². The molecule has 0 saturated heterocycles. The SMILES string of the molecule is C[C@@H]1CC=C(NNC(=S)NCc2ccccc2)CC1. The van der Waals surface area contributed by atoms with Gasteiger partial charge in [0, 0.05) is 12.2 Å². The highest BCUT2D eigenvalue weighted by molar-refractivity contribution is 7.80. The molecule has 0 spiro atoms. The molecule has 0 unspecified atom stereocenters. The van der Waals surface area contributed by atoms with Crippen LogP contribution in [0.1, 0.15) is 31.7 Å². The zero-order valence-corrected chi connectivity index (χ0v) is 12.1. The van der Waals surface area contributed by atoms with Crippen LogP contribution in [0.25, 0.3) is 0 Å². The second-order valence-corrected chi connectivity index (χ2v) is 5.44. The lowest BCUT2D eigenvalue weighted by Crippen LogP contribution is -2.43. The molecule has 0 aliphatic heterocycles. The second-order valence-electron chi connectivity index (χ2n) is 5.03. The summed E-state index contributed by atoms with van der Waals surface area (Å²) in [6.07, 6.45) is 5.73. The number of allylic oxidation sites excluding steroid dienone is 2. The number of hydrogen-bond acceptors (Lipinski definition) is 2. The van der Waals surface area contributed by atoms with Gasteiger partial charge in [-0.25, -0.2) is 0 Å². The van der Waals surface area contributed by atoms with Gasteiger partial charge in [-0.3, -0.25) is 5.43 Å². The first-order valence-electron chi connectivity index (χ1n) is 6.77. The largest absolute Gasteiger partial charge is 0.357 e. The van der Waals surface area contributed by atoms with Gasteiger partial charge in [0.15, 0.2) is 5.11 Å². The van der Waals surface area contributed by atoms with Gasteiger partial charge in [-0.15, -0.1) is 0 Å². The van der Waals surface area contributed by atoms with Crippen LogP contribution in [0.3, 0.4) is 0 Å². The fourth-order valence-corrected chi connectivity index (χ4v) is 2.16.